The van der Waals surface area contributed by atoms with Crippen molar-refractivity contribution in [3.05, 3.63) is 24.0 Å². The Hall–Kier alpha value is -1.66. The van der Waals surface area contributed by atoms with Crippen LogP contribution in [0.5, 0.6) is 0 Å². The molecule has 0 aliphatic carbocycles. The highest BCUT2D eigenvalue weighted by Crippen LogP contribution is 2.26. The average Bonchev–Trinajstić information content (AvgIpc) is 2.53. The molecule has 1 aliphatic heterocycles. The number of rotatable bonds is 4. The van der Waals surface area contributed by atoms with Crippen molar-refractivity contribution >= 4 is 11.6 Å². The highest BCUT2D eigenvalue weighted by atomic mass is 16.5. The number of piperidine rings is 1. The minimum atomic E-state index is -0.0899. The number of pyridine rings is 1. The highest BCUT2D eigenvalue weighted by Gasteiger charge is 2.28. The van der Waals surface area contributed by atoms with Crippen LogP contribution in [0.15, 0.2) is 18.3 Å². The molecule has 2 rings (SSSR count). The SMILES string of the molecule is COC1CCN(c2ccnc(C(=O)N(C)C)c2)C(CN)C1. The molecule has 21 heavy (non-hydrogen) atoms. The number of ether oxygens (including phenoxy) is 1. The van der Waals surface area contributed by atoms with Gasteiger partial charge in [-0.3, -0.25) is 9.78 Å². The molecule has 6 heteroatoms. The quantitative estimate of drug-likeness (QED) is 0.885. The lowest BCUT2D eigenvalue weighted by atomic mass is 9.98. The van der Waals surface area contributed by atoms with Crippen molar-refractivity contribution in [1.82, 2.24) is 9.88 Å². The fourth-order valence-corrected chi connectivity index (χ4v) is 2.74. The van der Waals surface area contributed by atoms with E-state index in [2.05, 4.69) is 9.88 Å². The van der Waals surface area contributed by atoms with Crippen molar-refractivity contribution in [3.63, 3.8) is 0 Å². The summed E-state index contributed by atoms with van der Waals surface area (Å²) in [5.74, 6) is -0.0899. The van der Waals surface area contributed by atoms with Gasteiger partial charge in [0, 0.05) is 52.2 Å². The van der Waals surface area contributed by atoms with Crippen LogP contribution in [0.25, 0.3) is 0 Å². The van der Waals surface area contributed by atoms with Gasteiger partial charge in [0.15, 0.2) is 0 Å². The first-order valence-electron chi connectivity index (χ1n) is 7.24. The molecule has 2 heterocycles. The van der Waals surface area contributed by atoms with Crippen LogP contribution in [0.4, 0.5) is 5.69 Å². The fraction of sp³-hybridized carbons (Fsp3) is 0.600. The van der Waals surface area contributed by atoms with Crippen LogP contribution in [-0.4, -0.2) is 62.2 Å². The number of anilines is 1. The second kappa shape index (κ2) is 6.87. The molecule has 1 amide bonds. The smallest absolute Gasteiger partial charge is 0.272 e. The van der Waals surface area contributed by atoms with Gasteiger partial charge in [-0.25, -0.2) is 0 Å². The van der Waals surface area contributed by atoms with E-state index in [1.807, 2.05) is 12.1 Å². The first-order chi connectivity index (χ1) is 10.1. The van der Waals surface area contributed by atoms with Crippen LogP contribution >= 0.6 is 0 Å². The van der Waals surface area contributed by atoms with Crippen molar-refractivity contribution in [2.45, 2.75) is 25.0 Å². The summed E-state index contributed by atoms with van der Waals surface area (Å²) in [6.07, 6.45) is 3.82. The zero-order valence-electron chi connectivity index (χ0n) is 13.0. The van der Waals surface area contributed by atoms with Gasteiger partial charge in [0.25, 0.3) is 5.91 Å². The van der Waals surface area contributed by atoms with Gasteiger partial charge in [-0.05, 0) is 25.0 Å². The van der Waals surface area contributed by atoms with E-state index in [-0.39, 0.29) is 18.1 Å². The lowest BCUT2D eigenvalue weighted by Crippen LogP contribution is -2.48. The molecule has 0 bridgehead atoms. The Morgan fingerprint density at radius 2 is 2.33 bits per heavy atom. The van der Waals surface area contributed by atoms with E-state index < -0.39 is 0 Å². The largest absolute Gasteiger partial charge is 0.381 e. The minimum Gasteiger partial charge on any atom is -0.381 e. The van der Waals surface area contributed by atoms with Gasteiger partial charge in [0.1, 0.15) is 5.69 Å². The van der Waals surface area contributed by atoms with E-state index in [0.29, 0.717) is 12.2 Å². The zero-order chi connectivity index (χ0) is 15.4. The number of carbonyl (C=O) groups excluding carboxylic acids is 1. The fourth-order valence-electron chi connectivity index (χ4n) is 2.74. The minimum absolute atomic E-state index is 0.0899. The Morgan fingerprint density at radius 1 is 1.57 bits per heavy atom. The third-order valence-corrected chi connectivity index (χ3v) is 3.97. The van der Waals surface area contributed by atoms with Crippen LogP contribution in [-0.2, 0) is 4.74 Å². The third-order valence-electron chi connectivity index (χ3n) is 3.97. The number of amides is 1. The van der Waals surface area contributed by atoms with Crippen LogP contribution in [0, 0.1) is 0 Å². The lowest BCUT2D eigenvalue weighted by Gasteiger charge is -2.40. The molecule has 0 spiro atoms. The zero-order valence-corrected chi connectivity index (χ0v) is 13.0. The summed E-state index contributed by atoms with van der Waals surface area (Å²) in [5.41, 5.74) is 7.37. The maximum absolute atomic E-state index is 12.0. The van der Waals surface area contributed by atoms with Gasteiger partial charge in [0.05, 0.1) is 6.10 Å². The maximum Gasteiger partial charge on any atom is 0.272 e. The molecule has 1 fully saturated rings. The van der Waals surface area contributed by atoms with E-state index in [1.165, 1.54) is 4.90 Å². The van der Waals surface area contributed by atoms with E-state index in [9.17, 15) is 4.79 Å². The molecule has 1 aliphatic rings. The van der Waals surface area contributed by atoms with Gasteiger partial charge < -0.3 is 20.3 Å². The maximum atomic E-state index is 12.0. The number of nitrogens with zero attached hydrogens (tertiary/aromatic N) is 3. The van der Waals surface area contributed by atoms with Gasteiger partial charge in [-0.15, -0.1) is 0 Å². The lowest BCUT2D eigenvalue weighted by molar-refractivity contribution is 0.0709. The number of carbonyl (C=O) groups is 1. The summed E-state index contributed by atoms with van der Waals surface area (Å²) >= 11 is 0. The molecule has 2 N–H and O–H groups in total. The summed E-state index contributed by atoms with van der Waals surface area (Å²) in [4.78, 5) is 20.0. The molecule has 116 valence electrons. The van der Waals surface area contributed by atoms with Crippen molar-refractivity contribution in [1.29, 1.82) is 0 Å². The molecule has 6 nitrogen and oxygen atoms in total. The Labute approximate surface area is 125 Å². The molecule has 1 aromatic rings. The summed E-state index contributed by atoms with van der Waals surface area (Å²) in [7, 11) is 5.20. The summed E-state index contributed by atoms with van der Waals surface area (Å²) in [5, 5.41) is 0. The number of hydrogen-bond donors (Lipinski definition) is 1. The highest BCUT2D eigenvalue weighted by molar-refractivity contribution is 5.92. The van der Waals surface area contributed by atoms with Gasteiger partial charge >= 0.3 is 0 Å². The number of nitrogens with two attached hydrogens (primary N) is 1. The molecule has 0 radical (unpaired) electrons. The molecular weight excluding hydrogens is 268 g/mol. The summed E-state index contributed by atoms with van der Waals surface area (Å²) < 4.78 is 5.45. The molecular formula is C15H24N4O2. The van der Waals surface area contributed by atoms with Gasteiger partial charge in [0.2, 0.25) is 0 Å². The molecule has 2 atom stereocenters. The summed E-state index contributed by atoms with van der Waals surface area (Å²) in [6.45, 7) is 1.44. The van der Waals surface area contributed by atoms with Crippen LogP contribution in [0.1, 0.15) is 23.3 Å². The predicted molar refractivity (Wildman–Crippen MR) is 82.5 cm³/mol. The Morgan fingerprint density at radius 3 is 2.95 bits per heavy atom. The number of aromatic nitrogens is 1. The van der Waals surface area contributed by atoms with Crippen molar-refractivity contribution < 1.29 is 9.53 Å². The van der Waals surface area contributed by atoms with Crippen LogP contribution in [0.3, 0.4) is 0 Å². The molecule has 1 aromatic heterocycles. The average molecular weight is 292 g/mol. The number of hydrogen-bond acceptors (Lipinski definition) is 5. The Bertz CT molecular complexity index is 492. The molecule has 0 aromatic carbocycles. The number of methoxy groups -OCH3 is 1. The second-order valence-corrected chi connectivity index (χ2v) is 5.56. The normalized spacial score (nSPS) is 22.2. The van der Waals surface area contributed by atoms with Crippen molar-refractivity contribution in [2.75, 3.05) is 39.2 Å². The molecule has 2 unspecified atom stereocenters. The van der Waals surface area contributed by atoms with Crippen molar-refractivity contribution in [2.24, 2.45) is 5.73 Å². The van der Waals surface area contributed by atoms with E-state index in [1.54, 1.807) is 27.4 Å². The second-order valence-electron chi connectivity index (χ2n) is 5.56. The Balaban J connectivity index is 2.21. The topological polar surface area (TPSA) is 71.7 Å². The predicted octanol–water partition coefficient (Wildman–Crippen LogP) is 0.726. The third kappa shape index (κ3) is 3.51. The standard InChI is InChI=1S/C15H24N4O2/c1-18(2)15(20)14-9-11(4-6-17-14)19-7-5-13(21-3)8-12(19)10-16/h4,6,9,12-13H,5,7-8,10,16H2,1-3H3. The molecule has 0 saturated carbocycles. The van der Waals surface area contributed by atoms with Gasteiger partial charge in [-0.2, -0.15) is 0 Å². The monoisotopic (exact) mass is 292 g/mol. The first-order valence-corrected chi connectivity index (χ1v) is 7.24. The van der Waals surface area contributed by atoms with Crippen LogP contribution in [0.2, 0.25) is 0 Å². The van der Waals surface area contributed by atoms with Crippen molar-refractivity contribution in [3.8, 4) is 0 Å². The van der Waals surface area contributed by atoms with E-state index in [0.717, 1.165) is 25.1 Å². The first kappa shape index (κ1) is 15.7. The Kier molecular flexibility index (Phi) is 5.14. The van der Waals surface area contributed by atoms with E-state index in [4.69, 9.17) is 10.5 Å². The van der Waals surface area contributed by atoms with Crippen LogP contribution < -0.4 is 10.6 Å². The van der Waals surface area contributed by atoms with Gasteiger partial charge in [-0.1, -0.05) is 0 Å². The van der Waals surface area contributed by atoms with E-state index >= 15 is 0 Å². The molecule has 1 saturated heterocycles. The summed E-state index contributed by atoms with van der Waals surface area (Å²) in [6, 6.07) is 4.01.